The average Bonchev–Trinajstić information content (AvgIpc) is 3.50. The minimum Gasteiger partial charge on any atom is -0.454 e. The maximum Gasteiger partial charge on any atom is 0.253 e. The third-order valence-corrected chi connectivity index (χ3v) is 5.99. The Morgan fingerprint density at radius 2 is 2.00 bits per heavy atom. The van der Waals surface area contributed by atoms with Gasteiger partial charge in [-0.3, -0.25) is 4.79 Å². The molecule has 8 nitrogen and oxygen atoms in total. The first kappa shape index (κ1) is 16.6. The van der Waals surface area contributed by atoms with E-state index in [-0.39, 0.29) is 18.1 Å². The molecular formula is C21H19N5O3. The van der Waals surface area contributed by atoms with Crippen LogP contribution < -0.4 is 20.1 Å². The lowest BCUT2D eigenvalue weighted by molar-refractivity contribution is 0.0926. The van der Waals surface area contributed by atoms with Crippen molar-refractivity contribution in [3.8, 4) is 34.3 Å². The third-order valence-electron chi connectivity index (χ3n) is 5.99. The first-order chi connectivity index (χ1) is 14.2. The molecule has 1 atom stereocenters. The van der Waals surface area contributed by atoms with Crippen molar-refractivity contribution in [2.75, 3.05) is 26.4 Å². The molecule has 1 fully saturated rings. The molecule has 8 heteroatoms. The number of aromatic amines is 1. The molecule has 1 aromatic carbocycles. The molecule has 1 saturated heterocycles. The summed E-state index contributed by atoms with van der Waals surface area (Å²) in [5, 5.41) is 6.46. The number of carbonyl (C=O) groups excluding carboxylic acids is 1. The van der Waals surface area contributed by atoms with Crippen LogP contribution in [0.1, 0.15) is 22.5 Å². The van der Waals surface area contributed by atoms with Crippen LogP contribution in [-0.4, -0.2) is 47.3 Å². The van der Waals surface area contributed by atoms with Gasteiger partial charge in [0.1, 0.15) is 0 Å². The molecule has 6 rings (SSSR count). The van der Waals surface area contributed by atoms with Crippen LogP contribution in [0.15, 0.2) is 36.5 Å². The van der Waals surface area contributed by atoms with Gasteiger partial charge in [0, 0.05) is 36.0 Å². The van der Waals surface area contributed by atoms with Crippen molar-refractivity contribution in [1.82, 2.24) is 25.6 Å². The van der Waals surface area contributed by atoms with E-state index < -0.39 is 0 Å². The zero-order valence-electron chi connectivity index (χ0n) is 15.6. The smallest absolute Gasteiger partial charge is 0.253 e. The van der Waals surface area contributed by atoms with Crippen LogP contribution in [0.5, 0.6) is 11.5 Å². The molecule has 29 heavy (non-hydrogen) atoms. The summed E-state index contributed by atoms with van der Waals surface area (Å²) in [7, 11) is 0. The maximum atomic E-state index is 12.5. The van der Waals surface area contributed by atoms with E-state index in [1.165, 1.54) is 0 Å². The molecule has 0 bridgehead atoms. The van der Waals surface area contributed by atoms with Gasteiger partial charge in [-0.15, -0.1) is 0 Å². The number of nitrogens with one attached hydrogen (secondary N) is 3. The fraction of sp³-hybridized carbons (Fsp3) is 0.286. The van der Waals surface area contributed by atoms with Crippen LogP contribution >= 0.6 is 0 Å². The number of benzene rings is 1. The highest BCUT2D eigenvalue weighted by molar-refractivity contribution is 5.98. The van der Waals surface area contributed by atoms with Crippen molar-refractivity contribution in [3.05, 3.63) is 47.8 Å². The van der Waals surface area contributed by atoms with Gasteiger partial charge in [-0.2, -0.15) is 0 Å². The zero-order chi connectivity index (χ0) is 19.4. The minimum atomic E-state index is -0.0747. The van der Waals surface area contributed by atoms with Crippen molar-refractivity contribution in [3.63, 3.8) is 0 Å². The summed E-state index contributed by atoms with van der Waals surface area (Å²) < 4.78 is 10.8. The summed E-state index contributed by atoms with van der Waals surface area (Å²) in [4.78, 5) is 25.1. The molecule has 1 unspecified atom stereocenters. The van der Waals surface area contributed by atoms with E-state index in [0.717, 1.165) is 47.9 Å². The molecule has 0 radical (unpaired) electrons. The number of fused-ring (bicyclic) bond motifs is 3. The molecule has 3 aliphatic heterocycles. The summed E-state index contributed by atoms with van der Waals surface area (Å²) in [6, 6.07) is 9.41. The Morgan fingerprint density at radius 1 is 1.07 bits per heavy atom. The Bertz CT molecular complexity index is 1130. The monoisotopic (exact) mass is 389 g/mol. The number of nitrogens with zero attached hydrogens (tertiary/aromatic N) is 2. The second-order valence-electron chi connectivity index (χ2n) is 7.70. The normalized spacial score (nSPS) is 22.0. The lowest BCUT2D eigenvalue weighted by atomic mass is 9.79. The molecule has 146 valence electrons. The van der Waals surface area contributed by atoms with Gasteiger partial charge in [-0.25, -0.2) is 9.97 Å². The van der Waals surface area contributed by atoms with Crippen molar-refractivity contribution < 1.29 is 14.3 Å². The van der Waals surface area contributed by atoms with Crippen LogP contribution in [0.4, 0.5) is 0 Å². The van der Waals surface area contributed by atoms with E-state index in [2.05, 4.69) is 20.6 Å². The predicted molar refractivity (Wildman–Crippen MR) is 105 cm³/mol. The Labute approximate surface area is 166 Å². The topological polar surface area (TPSA) is 101 Å². The van der Waals surface area contributed by atoms with Gasteiger partial charge in [0.2, 0.25) is 6.79 Å². The Morgan fingerprint density at radius 3 is 2.90 bits per heavy atom. The van der Waals surface area contributed by atoms with Crippen LogP contribution in [0, 0.1) is 0 Å². The van der Waals surface area contributed by atoms with Gasteiger partial charge in [-0.1, -0.05) is 0 Å². The molecule has 0 saturated carbocycles. The number of hydrogen-bond donors (Lipinski definition) is 3. The number of H-pyrrole nitrogens is 1. The van der Waals surface area contributed by atoms with Gasteiger partial charge in [0.05, 0.1) is 17.0 Å². The summed E-state index contributed by atoms with van der Waals surface area (Å²) in [5.74, 6) is 1.97. The highest BCUT2D eigenvalue weighted by Crippen LogP contribution is 2.38. The SMILES string of the molecule is O=C1NCC2(CCNC2)c2[nH]c(-c3ccnc(-c4ccc5c(c4)OCO5)n3)cc21. The molecule has 3 N–H and O–H groups in total. The van der Waals surface area contributed by atoms with Crippen LogP contribution in [0.25, 0.3) is 22.8 Å². The average molecular weight is 389 g/mol. The van der Waals surface area contributed by atoms with Crippen LogP contribution in [-0.2, 0) is 5.41 Å². The molecule has 5 heterocycles. The van der Waals surface area contributed by atoms with Crippen molar-refractivity contribution in [1.29, 1.82) is 0 Å². The number of carbonyl (C=O) groups is 1. The summed E-state index contributed by atoms with van der Waals surface area (Å²) in [6.45, 7) is 2.68. The van der Waals surface area contributed by atoms with Gasteiger partial charge >= 0.3 is 0 Å². The van der Waals surface area contributed by atoms with Crippen molar-refractivity contribution in [2.24, 2.45) is 0 Å². The summed E-state index contributed by atoms with van der Waals surface area (Å²) in [6.07, 6.45) is 2.72. The number of amides is 1. The lowest BCUT2D eigenvalue weighted by Crippen LogP contribution is -2.48. The van der Waals surface area contributed by atoms with Crippen molar-refractivity contribution >= 4 is 5.91 Å². The van der Waals surface area contributed by atoms with Gasteiger partial charge in [0.25, 0.3) is 5.91 Å². The van der Waals surface area contributed by atoms with Gasteiger partial charge in [-0.05, 0) is 43.3 Å². The van der Waals surface area contributed by atoms with Gasteiger partial charge in [0.15, 0.2) is 17.3 Å². The predicted octanol–water partition coefficient (Wildman–Crippen LogP) is 1.84. The standard InChI is InChI=1S/C21H19N5O3/c27-20-13-8-15(25-18(13)21(10-24-20)4-6-22-9-21)14-3-5-23-19(26-14)12-1-2-16-17(7-12)29-11-28-16/h1-3,5,7-8,22,25H,4,6,9-11H2,(H,24,27). The molecule has 1 spiro atoms. The fourth-order valence-electron chi connectivity index (χ4n) is 4.41. The number of ether oxygens (including phenoxy) is 2. The molecule has 3 aliphatic rings. The van der Waals surface area contributed by atoms with Crippen LogP contribution in [0.3, 0.4) is 0 Å². The van der Waals surface area contributed by atoms with Crippen LogP contribution in [0.2, 0.25) is 0 Å². The molecule has 1 amide bonds. The van der Waals surface area contributed by atoms with E-state index in [9.17, 15) is 4.79 Å². The van der Waals surface area contributed by atoms with Crippen molar-refractivity contribution in [2.45, 2.75) is 11.8 Å². The number of aromatic nitrogens is 3. The van der Waals surface area contributed by atoms with E-state index in [1.807, 2.05) is 30.3 Å². The molecule has 2 aromatic heterocycles. The largest absolute Gasteiger partial charge is 0.454 e. The zero-order valence-corrected chi connectivity index (χ0v) is 15.6. The fourth-order valence-corrected chi connectivity index (χ4v) is 4.41. The highest BCUT2D eigenvalue weighted by atomic mass is 16.7. The quantitative estimate of drug-likeness (QED) is 0.618. The molecule has 0 aliphatic carbocycles. The number of hydrogen-bond acceptors (Lipinski definition) is 6. The molecular weight excluding hydrogens is 370 g/mol. The number of rotatable bonds is 2. The van der Waals surface area contributed by atoms with E-state index in [1.54, 1.807) is 6.20 Å². The third kappa shape index (κ3) is 2.52. The minimum absolute atomic E-state index is 0.0370. The Balaban J connectivity index is 1.41. The second kappa shape index (κ2) is 6.05. The highest BCUT2D eigenvalue weighted by Gasteiger charge is 2.43. The Hall–Kier alpha value is -3.39. The second-order valence-corrected chi connectivity index (χ2v) is 7.70. The van der Waals surface area contributed by atoms with E-state index in [0.29, 0.717) is 23.7 Å². The first-order valence-electron chi connectivity index (χ1n) is 9.68. The summed E-state index contributed by atoms with van der Waals surface area (Å²) in [5.41, 5.74) is 4.05. The van der Waals surface area contributed by atoms with E-state index in [4.69, 9.17) is 14.5 Å². The summed E-state index contributed by atoms with van der Waals surface area (Å²) >= 11 is 0. The molecule has 3 aromatic rings. The van der Waals surface area contributed by atoms with E-state index >= 15 is 0 Å². The lowest BCUT2D eigenvalue weighted by Gasteiger charge is -2.32. The van der Waals surface area contributed by atoms with Gasteiger partial charge < -0.3 is 25.1 Å². The maximum absolute atomic E-state index is 12.5. The first-order valence-corrected chi connectivity index (χ1v) is 9.68. The Kier molecular flexibility index (Phi) is 3.45.